The minimum Gasteiger partial charge on any atom is -0.332 e. The van der Waals surface area contributed by atoms with Gasteiger partial charge in [0.2, 0.25) is 5.91 Å². The van der Waals surface area contributed by atoms with Gasteiger partial charge in [0.25, 0.3) is 5.91 Å². The van der Waals surface area contributed by atoms with Crippen molar-refractivity contribution in [3.63, 3.8) is 0 Å². The minimum absolute atomic E-state index is 0.0972. The molecule has 0 fully saturated rings. The topological polar surface area (TPSA) is 80.1 Å². The molecule has 3 rings (SSSR count). The average Bonchev–Trinajstić information content (AvgIpc) is 3.22. The second kappa shape index (κ2) is 7.97. The zero-order chi connectivity index (χ0) is 19.2. The maximum Gasteiger partial charge on any atom is 0.255 e. The number of rotatable bonds is 5. The van der Waals surface area contributed by atoms with Crippen LogP contribution in [0, 0.1) is 12.3 Å². The smallest absolute Gasteiger partial charge is 0.255 e. The predicted molar refractivity (Wildman–Crippen MR) is 101 cm³/mol. The number of pyridine rings is 1. The number of hydrogen-bond donors (Lipinski definition) is 1. The van der Waals surface area contributed by atoms with Gasteiger partial charge in [-0.15, -0.1) is 6.42 Å². The van der Waals surface area contributed by atoms with Crippen LogP contribution in [0.5, 0.6) is 0 Å². The van der Waals surface area contributed by atoms with E-state index < -0.39 is 0 Å². The van der Waals surface area contributed by atoms with Crippen molar-refractivity contribution in [3.8, 4) is 18.2 Å². The van der Waals surface area contributed by atoms with Crippen molar-refractivity contribution in [2.24, 2.45) is 0 Å². The zero-order valence-electron chi connectivity index (χ0n) is 14.7. The zero-order valence-corrected chi connectivity index (χ0v) is 14.7. The second-order valence-electron chi connectivity index (χ2n) is 5.79. The van der Waals surface area contributed by atoms with Gasteiger partial charge in [0.05, 0.1) is 12.1 Å². The van der Waals surface area contributed by atoms with E-state index >= 15 is 0 Å². The average molecular weight is 359 g/mol. The Kier molecular flexibility index (Phi) is 5.28. The monoisotopic (exact) mass is 359 g/mol. The van der Waals surface area contributed by atoms with Gasteiger partial charge in [-0.2, -0.15) is 5.10 Å². The normalized spacial score (nSPS) is 10.1. The quantitative estimate of drug-likeness (QED) is 0.706. The molecule has 0 radical (unpaired) electrons. The van der Waals surface area contributed by atoms with Crippen molar-refractivity contribution < 1.29 is 9.59 Å². The summed E-state index contributed by atoms with van der Waals surface area (Å²) in [7, 11) is 1.56. The van der Waals surface area contributed by atoms with E-state index in [1.165, 1.54) is 11.1 Å². The van der Waals surface area contributed by atoms with Crippen LogP contribution in [0.25, 0.3) is 5.82 Å². The van der Waals surface area contributed by atoms with Gasteiger partial charge < -0.3 is 10.2 Å². The first-order valence-corrected chi connectivity index (χ1v) is 8.15. The highest BCUT2D eigenvalue weighted by Gasteiger charge is 2.16. The molecule has 0 aliphatic heterocycles. The first kappa shape index (κ1) is 17.9. The summed E-state index contributed by atoms with van der Waals surface area (Å²) in [5.74, 6) is 2.49. The van der Waals surface area contributed by atoms with Gasteiger partial charge in [-0.25, -0.2) is 9.67 Å². The van der Waals surface area contributed by atoms with Crippen LogP contribution in [-0.2, 0) is 4.79 Å². The molecule has 3 aromatic rings. The van der Waals surface area contributed by atoms with Gasteiger partial charge in [0.1, 0.15) is 0 Å². The molecule has 2 aromatic heterocycles. The number of terminal acetylenes is 1. The highest BCUT2D eigenvalue weighted by atomic mass is 16.2. The molecule has 134 valence electrons. The highest BCUT2D eigenvalue weighted by Crippen LogP contribution is 2.10. The van der Waals surface area contributed by atoms with Crippen LogP contribution in [0.1, 0.15) is 15.9 Å². The third kappa shape index (κ3) is 4.38. The predicted octanol–water partition coefficient (Wildman–Crippen LogP) is 1.96. The molecule has 0 saturated heterocycles. The summed E-state index contributed by atoms with van der Waals surface area (Å²) in [6, 6.07) is 12.1. The SMILES string of the molecule is C#Cc1cccc(NC(=O)CN(C)C(=O)c2ccc(-n3cccn3)nc2)c1. The summed E-state index contributed by atoms with van der Waals surface area (Å²) in [5, 5.41) is 6.81. The summed E-state index contributed by atoms with van der Waals surface area (Å²) in [4.78, 5) is 30.2. The Morgan fingerprint density at radius 3 is 2.78 bits per heavy atom. The van der Waals surface area contributed by atoms with Crippen molar-refractivity contribution in [1.29, 1.82) is 0 Å². The van der Waals surface area contributed by atoms with Crippen molar-refractivity contribution in [3.05, 3.63) is 72.2 Å². The molecule has 0 unspecified atom stereocenters. The molecule has 0 bridgehead atoms. The van der Waals surface area contributed by atoms with Crippen LogP contribution in [-0.4, -0.2) is 45.1 Å². The molecule has 2 amide bonds. The van der Waals surface area contributed by atoms with E-state index in [-0.39, 0.29) is 18.4 Å². The number of carbonyl (C=O) groups is 2. The molecule has 7 nitrogen and oxygen atoms in total. The number of nitrogens with zero attached hydrogens (tertiary/aromatic N) is 4. The number of benzene rings is 1. The van der Waals surface area contributed by atoms with Crippen LogP contribution in [0.15, 0.2) is 61.1 Å². The largest absolute Gasteiger partial charge is 0.332 e. The van der Waals surface area contributed by atoms with Gasteiger partial charge in [0, 0.05) is 36.9 Å². The van der Waals surface area contributed by atoms with E-state index in [9.17, 15) is 9.59 Å². The number of amides is 2. The second-order valence-corrected chi connectivity index (χ2v) is 5.79. The van der Waals surface area contributed by atoms with Gasteiger partial charge in [-0.1, -0.05) is 12.0 Å². The lowest BCUT2D eigenvalue weighted by atomic mass is 10.2. The number of carbonyl (C=O) groups excluding carboxylic acids is 2. The lowest BCUT2D eigenvalue weighted by Crippen LogP contribution is -2.35. The van der Waals surface area contributed by atoms with E-state index in [1.54, 1.807) is 66.6 Å². The molecule has 1 N–H and O–H groups in total. The Morgan fingerprint density at radius 2 is 2.11 bits per heavy atom. The maximum absolute atomic E-state index is 12.5. The third-order valence-corrected chi connectivity index (χ3v) is 3.77. The van der Waals surface area contributed by atoms with Crippen LogP contribution in [0.2, 0.25) is 0 Å². The van der Waals surface area contributed by atoms with Gasteiger partial charge in [-0.3, -0.25) is 9.59 Å². The fraction of sp³-hybridized carbons (Fsp3) is 0.100. The Bertz CT molecular complexity index is 988. The standard InChI is InChI=1S/C20H17N5O2/c1-3-15-6-4-7-17(12-15)23-19(26)14-24(2)20(27)16-8-9-18(21-13-16)25-11-5-10-22-25/h1,4-13H,14H2,2H3,(H,23,26). The number of aromatic nitrogens is 3. The Balaban J connectivity index is 1.61. The first-order valence-electron chi connectivity index (χ1n) is 8.15. The maximum atomic E-state index is 12.5. The summed E-state index contributed by atoms with van der Waals surface area (Å²) >= 11 is 0. The van der Waals surface area contributed by atoms with Gasteiger partial charge in [0.15, 0.2) is 5.82 Å². The number of anilines is 1. The molecule has 27 heavy (non-hydrogen) atoms. The molecule has 0 atom stereocenters. The Labute approximate surface area is 156 Å². The van der Waals surface area contributed by atoms with Gasteiger partial charge >= 0.3 is 0 Å². The van der Waals surface area contributed by atoms with Crippen molar-refractivity contribution in [2.75, 3.05) is 18.9 Å². The molecule has 1 aromatic carbocycles. The molecule has 7 heteroatoms. The van der Waals surface area contributed by atoms with E-state index in [1.807, 2.05) is 0 Å². The minimum atomic E-state index is -0.318. The molecule has 0 aliphatic rings. The van der Waals surface area contributed by atoms with Crippen LogP contribution < -0.4 is 5.32 Å². The number of hydrogen-bond acceptors (Lipinski definition) is 4. The summed E-state index contributed by atoms with van der Waals surface area (Å²) < 4.78 is 1.59. The summed E-state index contributed by atoms with van der Waals surface area (Å²) in [6.07, 6.45) is 10.2. The van der Waals surface area contributed by atoms with Crippen molar-refractivity contribution in [2.45, 2.75) is 0 Å². The summed E-state index contributed by atoms with van der Waals surface area (Å²) in [5.41, 5.74) is 1.64. The molecule has 0 aliphatic carbocycles. The van der Waals surface area contributed by atoms with E-state index in [0.717, 1.165) is 0 Å². The lowest BCUT2D eigenvalue weighted by Gasteiger charge is -2.17. The van der Waals surface area contributed by atoms with Gasteiger partial charge in [-0.05, 0) is 36.4 Å². The number of likely N-dealkylation sites (N-methyl/N-ethyl adjacent to an activating group) is 1. The highest BCUT2D eigenvalue weighted by molar-refractivity contribution is 5.99. The number of nitrogens with one attached hydrogen (secondary N) is 1. The molecule has 0 saturated carbocycles. The van der Waals surface area contributed by atoms with Crippen LogP contribution >= 0.6 is 0 Å². The molecular formula is C20H17N5O2. The van der Waals surface area contributed by atoms with E-state index in [0.29, 0.717) is 22.6 Å². The molecule has 0 spiro atoms. The Hall–Kier alpha value is -3.92. The fourth-order valence-electron chi connectivity index (χ4n) is 2.45. The first-order chi connectivity index (χ1) is 13.1. The summed E-state index contributed by atoms with van der Waals surface area (Å²) in [6.45, 7) is -0.0972. The van der Waals surface area contributed by atoms with Crippen LogP contribution in [0.4, 0.5) is 5.69 Å². The third-order valence-electron chi connectivity index (χ3n) is 3.77. The molecular weight excluding hydrogens is 342 g/mol. The molecule has 2 heterocycles. The van der Waals surface area contributed by atoms with E-state index in [2.05, 4.69) is 21.3 Å². The Morgan fingerprint density at radius 1 is 1.26 bits per heavy atom. The van der Waals surface area contributed by atoms with Crippen molar-refractivity contribution in [1.82, 2.24) is 19.7 Å². The van der Waals surface area contributed by atoms with E-state index in [4.69, 9.17) is 6.42 Å². The lowest BCUT2D eigenvalue weighted by molar-refractivity contribution is -0.116. The fourth-order valence-corrected chi connectivity index (χ4v) is 2.45. The van der Waals surface area contributed by atoms with Crippen LogP contribution in [0.3, 0.4) is 0 Å². The van der Waals surface area contributed by atoms with Crippen molar-refractivity contribution >= 4 is 17.5 Å².